The molecule has 1 aromatic carbocycles. The van der Waals surface area contributed by atoms with Crippen molar-refractivity contribution in [3.63, 3.8) is 0 Å². The number of aromatic amines is 1. The van der Waals surface area contributed by atoms with Crippen LogP contribution >= 0.6 is 22.7 Å². The zero-order valence-electron chi connectivity index (χ0n) is 30.3. The van der Waals surface area contributed by atoms with E-state index >= 15 is 0 Å². The molecular formula is C39H46N6O5S2. The van der Waals surface area contributed by atoms with E-state index in [1.54, 1.807) is 27.6 Å². The topological polar surface area (TPSA) is 140 Å². The molecule has 0 saturated carbocycles. The number of aliphatic imine (C=N–C) groups is 1. The number of thiophene rings is 2. The third-order valence-corrected chi connectivity index (χ3v) is 12.3. The number of aromatic nitrogens is 2. The van der Waals surface area contributed by atoms with E-state index in [1.165, 1.54) is 24.7 Å². The SMILES string of the molecule is CC(C)[C@H](NC(=O)CO)C(=O)N1CCCC1c1ncc(-c2ccc(-c3cc4sc(C5=CN=C(C6CCCN6C(=O)OC(C)(C)C)C5)cc4s3)cc2)[nH]1. The van der Waals surface area contributed by atoms with Crippen LogP contribution in [0.2, 0.25) is 0 Å². The lowest BCUT2D eigenvalue weighted by molar-refractivity contribution is -0.139. The van der Waals surface area contributed by atoms with E-state index in [0.29, 0.717) is 13.1 Å². The van der Waals surface area contributed by atoms with E-state index in [1.807, 2.05) is 51.9 Å². The van der Waals surface area contributed by atoms with Crippen LogP contribution < -0.4 is 5.32 Å². The second-order valence-electron chi connectivity index (χ2n) is 15.1. The van der Waals surface area contributed by atoms with Crippen molar-refractivity contribution >= 4 is 61.3 Å². The number of aliphatic hydroxyl groups excluding tert-OH is 1. The molecule has 0 spiro atoms. The molecule has 0 bridgehead atoms. The summed E-state index contributed by atoms with van der Waals surface area (Å²) in [5, 5.41) is 11.9. The van der Waals surface area contributed by atoms with E-state index in [9.17, 15) is 19.5 Å². The molecule has 0 aliphatic carbocycles. The summed E-state index contributed by atoms with van der Waals surface area (Å²) in [6.07, 6.45) is 7.78. The Hall–Kier alpha value is -4.33. The van der Waals surface area contributed by atoms with Crippen LogP contribution in [0.5, 0.6) is 0 Å². The van der Waals surface area contributed by atoms with E-state index in [0.717, 1.165) is 60.5 Å². The minimum Gasteiger partial charge on any atom is -0.444 e. The Balaban J connectivity index is 0.991. The maximum atomic E-state index is 13.5. The van der Waals surface area contributed by atoms with E-state index in [2.05, 4.69) is 51.7 Å². The number of nitrogens with one attached hydrogen (secondary N) is 2. The van der Waals surface area contributed by atoms with Gasteiger partial charge in [0.1, 0.15) is 24.1 Å². The number of imidazole rings is 1. The predicted octanol–water partition coefficient (Wildman–Crippen LogP) is 7.40. The Morgan fingerprint density at radius 3 is 2.33 bits per heavy atom. The summed E-state index contributed by atoms with van der Waals surface area (Å²) in [5.74, 6) is -0.100. The monoisotopic (exact) mass is 742 g/mol. The number of allylic oxidation sites excluding steroid dienone is 1. The summed E-state index contributed by atoms with van der Waals surface area (Å²) in [5.41, 5.74) is 4.74. The van der Waals surface area contributed by atoms with Crippen LogP contribution in [0.15, 0.2) is 53.8 Å². The second-order valence-corrected chi connectivity index (χ2v) is 17.3. The zero-order valence-corrected chi connectivity index (χ0v) is 31.9. The average molecular weight is 743 g/mol. The summed E-state index contributed by atoms with van der Waals surface area (Å²) in [6, 6.07) is 12.1. The minimum atomic E-state index is -0.705. The fraction of sp³-hybridized carbons (Fsp3) is 0.462. The van der Waals surface area contributed by atoms with Crippen molar-refractivity contribution in [1.29, 1.82) is 0 Å². The largest absolute Gasteiger partial charge is 0.444 e. The highest BCUT2D eigenvalue weighted by Gasteiger charge is 2.38. The third-order valence-electron chi connectivity index (χ3n) is 9.87. The van der Waals surface area contributed by atoms with Crippen molar-refractivity contribution in [1.82, 2.24) is 25.1 Å². The Morgan fingerprint density at radius 1 is 0.981 bits per heavy atom. The van der Waals surface area contributed by atoms with Crippen LogP contribution in [0.1, 0.15) is 83.5 Å². The van der Waals surface area contributed by atoms with Gasteiger partial charge in [-0.25, -0.2) is 9.78 Å². The Labute approximate surface area is 311 Å². The number of H-pyrrole nitrogens is 1. The number of nitrogens with zero attached hydrogens (tertiary/aromatic N) is 4. The zero-order chi connectivity index (χ0) is 36.7. The number of rotatable bonds is 9. The molecule has 6 heterocycles. The maximum Gasteiger partial charge on any atom is 0.410 e. The lowest BCUT2D eigenvalue weighted by Gasteiger charge is -2.30. The molecule has 3 N–H and O–H groups in total. The van der Waals surface area contributed by atoms with Gasteiger partial charge < -0.3 is 25.0 Å². The number of likely N-dealkylation sites (tertiary alicyclic amines) is 2. The van der Waals surface area contributed by atoms with Gasteiger partial charge in [0.25, 0.3) is 0 Å². The van der Waals surface area contributed by atoms with Crippen molar-refractivity contribution < 1.29 is 24.2 Å². The van der Waals surface area contributed by atoms with Crippen LogP contribution in [-0.4, -0.2) is 85.9 Å². The molecule has 2 saturated heterocycles. The minimum absolute atomic E-state index is 0.00916. The van der Waals surface area contributed by atoms with Gasteiger partial charge >= 0.3 is 6.09 Å². The molecule has 3 atom stereocenters. The molecule has 3 aromatic heterocycles. The number of amides is 3. The van der Waals surface area contributed by atoms with Gasteiger partial charge in [-0.1, -0.05) is 38.1 Å². The summed E-state index contributed by atoms with van der Waals surface area (Å²) in [6.45, 7) is 10.1. The van der Waals surface area contributed by atoms with Gasteiger partial charge in [-0.2, -0.15) is 0 Å². The van der Waals surface area contributed by atoms with Crippen LogP contribution in [0.25, 0.3) is 36.7 Å². The summed E-state index contributed by atoms with van der Waals surface area (Å²) >= 11 is 3.56. The van der Waals surface area contributed by atoms with Crippen LogP contribution in [0, 0.1) is 5.92 Å². The Kier molecular flexibility index (Phi) is 10.1. The fourth-order valence-electron chi connectivity index (χ4n) is 7.28. The fourth-order valence-corrected chi connectivity index (χ4v) is 9.69. The van der Waals surface area contributed by atoms with E-state index in [4.69, 9.17) is 9.73 Å². The summed E-state index contributed by atoms with van der Waals surface area (Å²) < 4.78 is 8.16. The number of carbonyl (C=O) groups excluding carboxylic acids is 3. The van der Waals surface area contributed by atoms with Gasteiger partial charge in [-0.3, -0.25) is 19.5 Å². The van der Waals surface area contributed by atoms with Gasteiger partial charge in [-0.15, -0.1) is 22.7 Å². The molecular weight excluding hydrogens is 697 g/mol. The standard InChI is InChI=1S/C39H46N6O5S2/c1-22(2)35(43-34(47)21-46)37(48)44-14-7-9-29(44)36-41-20-27(42-36)23-10-12-24(13-11-23)30-17-32-33(51-30)18-31(52-32)25-16-26(40-19-25)28-8-6-15-45(28)38(49)50-39(3,4)5/h10-13,17-20,22,28-29,35,46H,6-9,14-16,21H2,1-5H3,(H,41,42)(H,43,47)/t28?,29?,35-/m0/s1. The quantitative estimate of drug-likeness (QED) is 0.163. The molecule has 3 amide bonds. The summed E-state index contributed by atoms with van der Waals surface area (Å²) in [4.78, 5) is 57.2. The molecule has 3 aliphatic heterocycles. The first kappa shape index (κ1) is 36.0. The maximum absolute atomic E-state index is 13.5. The van der Waals surface area contributed by atoms with Gasteiger partial charge in [-0.05, 0) is 81.2 Å². The van der Waals surface area contributed by atoms with E-state index < -0.39 is 24.2 Å². The summed E-state index contributed by atoms with van der Waals surface area (Å²) in [7, 11) is 0. The molecule has 7 rings (SSSR count). The van der Waals surface area contributed by atoms with Crippen molar-refractivity contribution in [3.05, 3.63) is 59.5 Å². The normalized spacial score (nSPS) is 19.8. The van der Waals surface area contributed by atoms with Crippen molar-refractivity contribution in [3.8, 4) is 21.7 Å². The Bertz CT molecular complexity index is 2000. The van der Waals surface area contributed by atoms with Gasteiger partial charge in [0.05, 0.1) is 24.0 Å². The molecule has 2 unspecified atom stereocenters. The number of fused-ring (bicyclic) bond motifs is 1. The molecule has 52 heavy (non-hydrogen) atoms. The number of hydrogen-bond donors (Lipinski definition) is 3. The number of hydrogen-bond acceptors (Lipinski definition) is 9. The van der Waals surface area contributed by atoms with Gasteiger partial charge in [0, 0.05) is 50.6 Å². The number of carbonyl (C=O) groups is 3. The Morgan fingerprint density at radius 2 is 1.63 bits per heavy atom. The molecule has 274 valence electrons. The lowest BCUT2D eigenvalue weighted by Crippen LogP contribution is -2.51. The first-order chi connectivity index (χ1) is 24.9. The molecule has 0 radical (unpaired) electrons. The molecule has 4 aromatic rings. The van der Waals surface area contributed by atoms with Gasteiger partial charge in [0.2, 0.25) is 11.8 Å². The van der Waals surface area contributed by atoms with E-state index in [-0.39, 0.29) is 30.0 Å². The first-order valence-electron chi connectivity index (χ1n) is 18.0. The highest BCUT2D eigenvalue weighted by Crippen LogP contribution is 2.43. The van der Waals surface area contributed by atoms with Crippen LogP contribution in [0.4, 0.5) is 4.79 Å². The highest BCUT2D eigenvalue weighted by atomic mass is 32.1. The van der Waals surface area contributed by atoms with Crippen molar-refractivity contribution in [2.75, 3.05) is 19.7 Å². The number of ether oxygens (including phenoxy) is 1. The molecule has 3 aliphatic rings. The smallest absolute Gasteiger partial charge is 0.410 e. The van der Waals surface area contributed by atoms with Crippen molar-refractivity contribution in [2.45, 2.75) is 90.4 Å². The number of benzene rings is 1. The lowest BCUT2D eigenvalue weighted by atomic mass is 10.0. The average Bonchev–Trinajstić information content (AvgIpc) is 3.94. The van der Waals surface area contributed by atoms with Crippen LogP contribution in [-0.2, 0) is 14.3 Å². The predicted molar refractivity (Wildman–Crippen MR) is 206 cm³/mol. The first-order valence-corrected chi connectivity index (χ1v) is 19.7. The molecule has 2 fully saturated rings. The molecule has 11 nitrogen and oxygen atoms in total. The van der Waals surface area contributed by atoms with Gasteiger partial charge in [0.15, 0.2) is 0 Å². The molecule has 13 heteroatoms. The van der Waals surface area contributed by atoms with Crippen LogP contribution in [0.3, 0.4) is 0 Å². The van der Waals surface area contributed by atoms with Crippen molar-refractivity contribution in [2.24, 2.45) is 10.9 Å². The third kappa shape index (κ3) is 7.44. The second kappa shape index (κ2) is 14.6. The highest BCUT2D eigenvalue weighted by molar-refractivity contribution is 7.30. The number of aliphatic hydroxyl groups is 1.